The van der Waals surface area contributed by atoms with Gasteiger partial charge in [0.2, 0.25) is 5.91 Å². The van der Waals surface area contributed by atoms with Crippen molar-refractivity contribution in [3.63, 3.8) is 0 Å². The maximum absolute atomic E-state index is 14.3. The van der Waals surface area contributed by atoms with Gasteiger partial charge in [-0.05, 0) is 81.3 Å². The smallest absolute Gasteiger partial charge is 0.270 e. The lowest BCUT2D eigenvalue weighted by molar-refractivity contribution is -0.123. The number of amides is 2. The van der Waals surface area contributed by atoms with E-state index in [0.29, 0.717) is 37.8 Å². The third kappa shape index (κ3) is 6.20. The van der Waals surface area contributed by atoms with E-state index in [4.69, 9.17) is 0 Å². The van der Waals surface area contributed by atoms with Gasteiger partial charge in [0.05, 0.1) is 5.69 Å². The molecule has 2 aliphatic rings. The predicted molar refractivity (Wildman–Crippen MR) is 164 cm³/mol. The number of aryl methyl sites for hydroxylation is 2. The molecule has 0 unspecified atom stereocenters. The fourth-order valence-corrected chi connectivity index (χ4v) is 6.83. The van der Waals surface area contributed by atoms with Gasteiger partial charge in [0, 0.05) is 55.6 Å². The molecule has 1 aliphatic carbocycles. The molecule has 220 valence electrons. The quantitative estimate of drug-likeness (QED) is 0.380. The number of anilines is 1. The van der Waals surface area contributed by atoms with Crippen molar-refractivity contribution < 1.29 is 14.0 Å². The zero-order chi connectivity index (χ0) is 29.1. The van der Waals surface area contributed by atoms with Gasteiger partial charge in [-0.25, -0.2) is 4.39 Å². The second-order valence-corrected chi connectivity index (χ2v) is 12.1. The number of fused-ring (bicyclic) bond motifs is 2. The van der Waals surface area contributed by atoms with Crippen molar-refractivity contribution in [1.82, 2.24) is 14.8 Å². The van der Waals surface area contributed by atoms with Gasteiger partial charge in [-0.2, -0.15) is 0 Å². The van der Waals surface area contributed by atoms with Crippen LogP contribution in [0.3, 0.4) is 0 Å². The van der Waals surface area contributed by atoms with E-state index < -0.39 is 0 Å². The van der Waals surface area contributed by atoms with Crippen LogP contribution in [0.15, 0.2) is 36.4 Å². The van der Waals surface area contributed by atoms with E-state index in [9.17, 15) is 14.0 Å². The first-order chi connectivity index (χ1) is 19.8. The molecule has 1 saturated carbocycles. The number of hydrogen-bond acceptors (Lipinski definition) is 3. The molecule has 6 nitrogen and oxygen atoms in total. The Balaban J connectivity index is 1.56. The molecular weight excluding hydrogens is 515 g/mol. The largest absolute Gasteiger partial charge is 0.350 e. The molecule has 0 spiro atoms. The summed E-state index contributed by atoms with van der Waals surface area (Å²) in [5.41, 5.74) is 5.18. The van der Waals surface area contributed by atoms with Crippen molar-refractivity contribution >= 4 is 28.4 Å². The molecule has 5 rings (SSSR count). The first-order valence-corrected chi connectivity index (χ1v) is 15.5. The fourth-order valence-electron chi connectivity index (χ4n) is 6.83. The van der Waals surface area contributed by atoms with E-state index in [1.165, 1.54) is 18.6 Å². The molecule has 1 aromatic heterocycles. The van der Waals surface area contributed by atoms with Gasteiger partial charge in [-0.3, -0.25) is 14.5 Å². The molecule has 41 heavy (non-hydrogen) atoms. The zero-order valence-electron chi connectivity index (χ0n) is 25.1. The standard InChI is InChI=1S/C34H45FN4O2/c1-5-28-29-21-27(35)15-16-30(29)36-31(28)34(41)38-20-19-37(23(2)3)17-10-18-39(33(40)25-12-7-6-8-13-25)32-24(4)11-9-14-26(32)22-38/h9,11,14-16,21,23,25,36H,5-8,10,12-13,17-20,22H2,1-4H3. The lowest BCUT2D eigenvalue weighted by atomic mass is 9.87. The summed E-state index contributed by atoms with van der Waals surface area (Å²) < 4.78 is 14.2. The molecule has 2 amide bonds. The normalized spacial score (nSPS) is 18.0. The second-order valence-electron chi connectivity index (χ2n) is 12.1. The van der Waals surface area contributed by atoms with Crippen molar-refractivity contribution in [2.75, 3.05) is 31.1 Å². The number of aromatic nitrogens is 1. The Kier molecular flexibility index (Phi) is 9.12. The topological polar surface area (TPSA) is 59.7 Å². The number of para-hydroxylation sites is 1. The number of rotatable bonds is 4. The number of benzene rings is 2. The molecule has 2 aromatic carbocycles. The minimum atomic E-state index is -0.305. The Morgan fingerprint density at radius 2 is 1.78 bits per heavy atom. The maximum Gasteiger partial charge on any atom is 0.270 e. The van der Waals surface area contributed by atoms with E-state index in [0.717, 1.165) is 78.5 Å². The minimum absolute atomic E-state index is 0.0686. The number of halogens is 1. The van der Waals surface area contributed by atoms with Gasteiger partial charge < -0.3 is 14.8 Å². The highest BCUT2D eigenvalue weighted by molar-refractivity contribution is 6.01. The highest BCUT2D eigenvalue weighted by atomic mass is 19.1. The Morgan fingerprint density at radius 3 is 2.51 bits per heavy atom. The predicted octanol–water partition coefficient (Wildman–Crippen LogP) is 6.85. The molecule has 7 heteroatoms. The number of hydrogen-bond donors (Lipinski definition) is 1. The third-order valence-corrected chi connectivity index (χ3v) is 9.11. The van der Waals surface area contributed by atoms with Crippen LogP contribution in [0.25, 0.3) is 10.9 Å². The highest BCUT2D eigenvalue weighted by Crippen LogP contribution is 2.33. The van der Waals surface area contributed by atoms with E-state index in [2.05, 4.69) is 47.7 Å². The van der Waals surface area contributed by atoms with Crippen LogP contribution >= 0.6 is 0 Å². The Bertz CT molecular complexity index is 1390. The summed E-state index contributed by atoms with van der Waals surface area (Å²) in [6.07, 6.45) is 6.85. The van der Waals surface area contributed by atoms with Crippen molar-refractivity contribution in [3.05, 3.63) is 64.6 Å². The molecule has 0 bridgehead atoms. The Hall–Kier alpha value is -3.19. The highest BCUT2D eigenvalue weighted by Gasteiger charge is 2.31. The SMILES string of the molecule is CCc1c(C(=O)N2CCN(C(C)C)CCCN(C(=O)C3CCCCC3)c3c(C)cccc3C2)[nH]c2ccc(F)cc12. The lowest BCUT2D eigenvalue weighted by Gasteiger charge is -2.33. The second kappa shape index (κ2) is 12.8. The molecule has 2 heterocycles. The Morgan fingerprint density at radius 1 is 1.00 bits per heavy atom. The fraction of sp³-hybridized carbons (Fsp3) is 0.529. The van der Waals surface area contributed by atoms with E-state index in [-0.39, 0.29) is 23.5 Å². The van der Waals surface area contributed by atoms with Crippen LogP contribution < -0.4 is 4.90 Å². The number of H-pyrrole nitrogens is 1. The first-order valence-electron chi connectivity index (χ1n) is 15.5. The van der Waals surface area contributed by atoms with Gasteiger partial charge in [-0.1, -0.05) is 44.4 Å². The average Bonchev–Trinajstić information content (AvgIpc) is 3.32. The van der Waals surface area contributed by atoms with Gasteiger partial charge >= 0.3 is 0 Å². The van der Waals surface area contributed by atoms with Crippen molar-refractivity contribution in [2.24, 2.45) is 5.92 Å². The van der Waals surface area contributed by atoms with Gasteiger partial charge in [0.25, 0.3) is 5.91 Å². The summed E-state index contributed by atoms with van der Waals surface area (Å²) >= 11 is 0. The van der Waals surface area contributed by atoms with E-state index >= 15 is 0 Å². The van der Waals surface area contributed by atoms with Crippen molar-refractivity contribution in [3.8, 4) is 0 Å². The molecule has 0 radical (unpaired) electrons. The molecule has 0 saturated heterocycles. The maximum atomic E-state index is 14.3. The number of nitrogens with one attached hydrogen (secondary N) is 1. The minimum Gasteiger partial charge on any atom is -0.350 e. The van der Waals surface area contributed by atoms with Crippen LogP contribution in [0.2, 0.25) is 0 Å². The van der Waals surface area contributed by atoms with Crippen LogP contribution in [-0.2, 0) is 17.8 Å². The van der Waals surface area contributed by atoms with Crippen molar-refractivity contribution in [1.29, 1.82) is 0 Å². The summed E-state index contributed by atoms with van der Waals surface area (Å²) in [4.78, 5) is 38.1. The van der Waals surface area contributed by atoms with Crippen LogP contribution in [0.1, 0.15) is 86.5 Å². The molecule has 1 fully saturated rings. The summed E-state index contributed by atoms with van der Waals surface area (Å²) in [6, 6.07) is 11.2. The monoisotopic (exact) mass is 560 g/mol. The zero-order valence-corrected chi connectivity index (χ0v) is 25.1. The number of carbonyl (C=O) groups excluding carboxylic acids is 2. The number of nitrogens with zero attached hydrogens (tertiary/aromatic N) is 3. The van der Waals surface area contributed by atoms with Crippen LogP contribution in [-0.4, -0.2) is 58.8 Å². The van der Waals surface area contributed by atoms with E-state index in [1.807, 2.05) is 17.9 Å². The van der Waals surface area contributed by atoms with Crippen LogP contribution in [0, 0.1) is 18.7 Å². The Labute approximate surface area is 243 Å². The molecule has 0 atom stereocenters. The average molecular weight is 561 g/mol. The summed E-state index contributed by atoms with van der Waals surface area (Å²) in [7, 11) is 0. The number of carbonyl (C=O) groups is 2. The summed E-state index contributed by atoms with van der Waals surface area (Å²) in [5, 5.41) is 0.762. The summed E-state index contributed by atoms with van der Waals surface area (Å²) in [6.45, 7) is 11.7. The third-order valence-electron chi connectivity index (χ3n) is 9.11. The van der Waals surface area contributed by atoms with Crippen molar-refractivity contribution in [2.45, 2.75) is 85.2 Å². The van der Waals surface area contributed by atoms with Gasteiger partial charge in [-0.15, -0.1) is 0 Å². The van der Waals surface area contributed by atoms with Gasteiger partial charge in [0.1, 0.15) is 11.5 Å². The van der Waals surface area contributed by atoms with E-state index in [1.54, 1.807) is 6.07 Å². The van der Waals surface area contributed by atoms with Crippen LogP contribution in [0.5, 0.6) is 0 Å². The molecule has 1 N–H and O–H groups in total. The molecule has 3 aromatic rings. The number of aromatic amines is 1. The van der Waals surface area contributed by atoms with Gasteiger partial charge in [0.15, 0.2) is 0 Å². The summed E-state index contributed by atoms with van der Waals surface area (Å²) in [5.74, 6) is -0.0855. The van der Waals surface area contributed by atoms with Crippen LogP contribution in [0.4, 0.5) is 10.1 Å². The molecule has 1 aliphatic heterocycles. The first kappa shape index (κ1) is 29.3. The lowest BCUT2D eigenvalue weighted by Crippen LogP contribution is -2.42. The molecular formula is C34H45FN4O2.